The first-order valence-electron chi connectivity index (χ1n) is 6.19. The molecule has 0 saturated carbocycles. The molecule has 18 heavy (non-hydrogen) atoms. The van der Waals surface area contributed by atoms with Gasteiger partial charge in [0, 0.05) is 25.0 Å². The molecule has 0 aliphatic heterocycles. The lowest BCUT2D eigenvalue weighted by atomic mass is 10.3. The van der Waals surface area contributed by atoms with Crippen LogP contribution in [0.5, 0.6) is 0 Å². The van der Waals surface area contributed by atoms with Gasteiger partial charge in [0.15, 0.2) is 0 Å². The monoisotopic (exact) mass is 264 g/mol. The summed E-state index contributed by atoms with van der Waals surface area (Å²) in [6.45, 7) is 5.84. The third-order valence-corrected chi connectivity index (χ3v) is 4.02. The van der Waals surface area contributed by atoms with E-state index in [0.717, 1.165) is 36.7 Å². The van der Waals surface area contributed by atoms with Crippen LogP contribution in [0.1, 0.15) is 17.5 Å². The molecule has 0 aromatic carbocycles. The van der Waals surface area contributed by atoms with Crippen molar-refractivity contribution < 1.29 is 0 Å². The Morgan fingerprint density at radius 3 is 2.89 bits per heavy atom. The molecule has 2 aromatic heterocycles. The highest BCUT2D eigenvalue weighted by molar-refractivity contribution is 7.09. The van der Waals surface area contributed by atoms with Gasteiger partial charge in [-0.05, 0) is 31.7 Å². The number of hydrogen-bond acceptors (Lipinski definition) is 4. The third-order valence-electron chi connectivity index (χ3n) is 3.08. The van der Waals surface area contributed by atoms with Gasteiger partial charge in [-0.2, -0.15) is 5.10 Å². The highest BCUT2D eigenvalue weighted by Crippen LogP contribution is 2.25. The molecule has 4 nitrogen and oxygen atoms in total. The molecule has 0 amide bonds. The highest BCUT2D eigenvalue weighted by atomic mass is 32.1. The number of hydrogen-bond donors (Lipinski definition) is 1. The second-order valence-corrected chi connectivity index (χ2v) is 5.42. The van der Waals surface area contributed by atoms with Crippen molar-refractivity contribution in [3.8, 4) is 0 Å². The number of nitrogens with zero attached hydrogens (tertiary/aromatic N) is 3. The second-order valence-electron chi connectivity index (χ2n) is 4.39. The van der Waals surface area contributed by atoms with Crippen LogP contribution in [-0.4, -0.2) is 23.4 Å². The van der Waals surface area contributed by atoms with Gasteiger partial charge in [-0.25, -0.2) is 4.68 Å². The fraction of sp³-hybridized carbons (Fsp3) is 0.462. The van der Waals surface area contributed by atoms with Crippen molar-refractivity contribution in [1.29, 1.82) is 0 Å². The van der Waals surface area contributed by atoms with Gasteiger partial charge in [0.05, 0.1) is 11.4 Å². The molecular weight excluding hydrogens is 244 g/mol. The van der Waals surface area contributed by atoms with E-state index in [1.807, 2.05) is 11.6 Å². The predicted octanol–water partition coefficient (Wildman–Crippen LogP) is 2.53. The first kappa shape index (κ1) is 13.0. The first-order chi connectivity index (χ1) is 8.63. The van der Waals surface area contributed by atoms with Crippen LogP contribution in [0.3, 0.4) is 0 Å². The van der Waals surface area contributed by atoms with Crippen molar-refractivity contribution in [2.24, 2.45) is 0 Å². The molecule has 0 radical (unpaired) electrons. The van der Waals surface area contributed by atoms with Crippen molar-refractivity contribution in [3.63, 3.8) is 0 Å². The molecule has 5 heteroatoms. The van der Waals surface area contributed by atoms with E-state index in [0.29, 0.717) is 0 Å². The van der Waals surface area contributed by atoms with Crippen molar-refractivity contribution in [2.45, 2.75) is 26.8 Å². The lowest BCUT2D eigenvalue weighted by Gasteiger charge is -2.20. The van der Waals surface area contributed by atoms with Crippen LogP contribution < -0.4 is 10.6 Å². The summed E-state index contributed by atoms with van der Waals surface area (Å²) in [5.74, 6) is 1.03. The van der Waals surface area contributed by atoms with Crippen LogP contribution in [0, 0.1) is 6.92 Å². The van der Waals surface area contributed by atoms with Gasteiger partial charge >= 0.3 is 0 Å². The lowest BCUT2D eigenvalue weighted by molar-refractivity contribution is 0.640. The lowest BCUT2D eigenvalue weighted by Crippen LogP contribution is -2.24. The van der Waals surface area contributed by atoms with E-state index in [1.165, 1.54) is 4.88 Å². The Kier molecular flexibility index (Phi) is 3.91. The van der Waals surface area contributed by atoms with E-state index in [1.54, 1.807) is 11.3 Å². The van der Waals surface area contributed by atoms with Gasteiger partial charge in [0.2, 0.25) is 0 Å². The molecule has 0 fully saturated rings. The molecule has 0 unspecified atom stereocenters. The minimum absolute atomic E-state index is 0.797. The molecular formula is C13H20N4S. The molecule has 2 rings (SSSR count). The van der Waals surface area contributed by atoms with E-state index in [-0.39, 0.29) is 0 Å². The standard InChI is InChI=1S/C13H20N4S/c1-4-17-13(12(14)10(2)15-17)16(3)8-7-11-6-5-9-18-11/h5-6,9H,4,7-8,14H2,1-3H3. The average Bonchev–Trinajstić information content (AvgIpc) is 2.96. The predicted molar refractivity (Wildman–Crippen MR) is 78.3 cm³/mol. The molecule has 0 atom stereocenters. The largest absolute Gasteiger partial charge is 0.394 e. The number of rotatable bonds is 5. The summed E-state index contributed by atoms with van der Waals surface area (Å²) in [6.07, 6.45) is 1.04. The fourth-order valence-corrected chi connectivity index (χ4v) is 2.74. The third kappa shape index (κ3) is 2.51. The van der Waals surface area contributed by atoms with Crippen LogP contribution in [0.15, 0.2) is 17.5 Å². The van der Waals surface area contributed by atoms with Crippen molar-refractivity contribution in [2.75, 3.05) is 24.2 Å². The molecule has 0 spiro atoms. The summed E-state index contributed by atoms with van der Waals surface area (Å²) in [7, 11) is 2.08. The van der Waals surface area contributed by atoms with Gasteiger partial charge in [0.25, 0.3) is 0 Å². The zero-order chi connectivity index (χ0) is 13.1. The quantitative estimate of drug-likeness (QED) is 0.902. The second kappa shape index (κ2) is 5.44. The Morgan fingerprint density at radius 1 is 1.50 bits per heavy atom. The molecule has 0 aliphatic carbocycles. The molecule has 98 valence electrons. The molecule has 2 N–H and O–H groups in total. The van der Waals surface area contributed by atoms with Crippen LogP contribution in [0.4, 0.5) is 11.5 Å². The van der Waals surface area contributed by atoms with Gasteiger partial charge in [-0.1, -0.05) is 6.07 Å². The van der Waals surface area contributed by atoms with Crippen molar-refractivity contribution in [1.82, 2.24) is 9.78 Å². The van der Waals surface area contributed by atoms with Gasteiger partial charge in [-0.3, -0.25) is 0 Å². The SMILES string of the molecule is CCn1nc(C)c(N)c1N(C)CCc1cccs1. The van der Waals surface area contributed by atoms with E-state index >= 15 is 0 Å². The summed E-state index contributed by atoms with van der Waals surface area (Å²) in [4.78, 5) is 3.60. The van der Waals surface area contributed by atoms with E-state index in [4.69, 9.17) is 5.73 Å². The normalized spacial score (nSPS) is 10.8. The number of nitrogen functional groups attached to an aromatic ring is 1. The van der Waals surface area contributed by atoms with E-state index < -0.39 is 0 Å². The molecule has 0 aliphatic rings. The topological polar surface area (TPSA) is 47.1 Å². The number of aromatic nitrogens is 2. The number of thiophene rings is 1. The van der Waals surface area contributed by atoms with E-state index in [2.05, 4.69) is 41.5 Å². The number of nitrogens with two attached hydrogens (primary N) is 1. The number of likely N-dealkylation sites (N-methyl/N-ethyl adjacent to an activating group) is 1. The van der Waals surface area contributed by atoms with Crippen LogP contribution >= 0.6 is 11.3 Å². The van der Waals surface area contributed by atoms with Gasteiger partial charge in [0.1, 0.15) is 5.82 Å². The highest BCUT2D eigenvalue weighted by Gasteiger charge is 2.15. The molecule has 0 saturated heterocycles. The zero-order valence-corrected chi connectivity index (χ0v) is 12.0. The fourth-order valence-electron chi connectivity index (χ4n) is 2.04. The summed E-state index contributed by atoms with van der Waals surface area (Å²) >= 11 is 1.80. The molecule has 2 heterocycles. The summed E-state index contributed by atoms with van der Waals surface area (Å²) in [6, 6.07) is 4.26. The Hall–Kier alpha value is -1.49. The Bertz CT molecular complexity index is 501. The van der Waals surface area contributed by atoms with Crippen molar-refractivity contribution >= 4 is 22.8 Å². The Balaban J connectivity index is 2.10. The summed E-state index contributed by atoms with van der Waals surface area (Å²) < 4.78 is 1.97. The van der Waals surface area contributed by atoms with Gasteiger partial charge in [-0.15, -0.1) is 11.3 Å². The van der Waals surface area contributed by atoms with Crippen molar-refractivity contribution in [3.05, 3.63) is 28.1 Å². The van der Waals surface area contributed by atoms with Crippen LogP contribution in [0.2, 0.25) is 0 Å². The maximum atomic E-state index is 6.11. The van der Waals surface area contributed by atoms with Gasteiger partial charge < -0.3 is 10.6 Å². The minimum Gasteiger partial charge on any atom is -0.394 e. The maximum absolute atomic E-state index is 6.11. The van der Waals surface area contributed by atoms with Crippen LogP contribution in [-0.2, 0) is 13.0 Å². The summed E-state index contributed by atoms with van der Waals surface area (Å²) in [5.41, 5.74) is 7.82. The minimum atomic E-state index is 0.797. The Morgan fingerprint density at radius 2 is 2.28 bits per heavy atom. The zero-order valence-electron chi connectivity index (χ0n) is 11.2. The van der Waals surface area contributed by atoms with Crippen LogP contribution in [0.25, 0.3) is 0 Å². The molecule has 0 bridgehead atoms. The summed E-state index contributed by atoms with van der Waals surface area (Å²) in [5, 5.41) is 6.56. The number of anilines is 2. The van der Waals surface area contributed by atoms with E-state index in [9.17, 15) is 0 Å². The first-order valence-corrected chi connectivity index (χ1v) is 7.07. The smallest absolute Gasteiger partial charge is 0.150 e. The number of aryl methyl sites for hydroxylation is 2. The molecule has 2 aromatic rings. The Labute approximate surface area is 112 Å². The maximum Gasteiger partial charge on any atom is 0.150 e. The average molecular weight is 264 g/mol.